The quantitative estimate of drug-likeness (QED) is 0.689. The zero-order valence-corrected chi connectivity index (χ0v) is 15.8. The third-order valence-corrected chi connectivity index (χ3v) is 5.14. The summed E-state index contributed by atoms with van der Waals surface area (Å²) in [6, 6.07) is 16.3. The van der Waals surface area contributed by atoms with Crippen LogP contribution in [0.25, 0.3) is 11.0 Å². The molecule has 1 saturated heterocycles. The fourth-order valence-corrected chi connectivity index (χ4v) is 3.64. The van der Waals surface area contributed by atoms with E-state index in [0.717, 1.165) is 41.7 Å². The van der Waals surface area contributed by atoms with Crippen molar-refractivity contribution in [3.05, 3.63) is 66.0 Å². The van der Waals surface area contributed by atoms with Gasteiger partial charge < -0.3 is 14.8 Å². The number of rotatable bonds is 7. The molecule has 0 saturated carbocycles. The van der Waals surface area contributed by atoms with Gasteiger partial charge in [0.05, 0.1) is 17.4 Å². The molecule has 6 nitrogen and oxygen atoms in total. The highest BCUT2D eigenvalue weighted by atomic mass is 16.2. The molecule has 1 aromatic heterocycles. The second-order valence-electron chi connectivity index (χ2n) is 7.19. The van der Waals surface area contributed by atoms with Crippen LogP contribution in [0.1, 0.15) is 30.4 Å². The van der Waals surface area contributed by atoms with Gasteiger partial charge in [-0.25, -0.2) is 4.98 Å². The van der Waals surface area contributed by atoms with Crippen molar-refractivity contribution in [3.63, 3.8) is 0 Å². The molecule has 2 amide bonds. The Morgan fingerprint density at radius 3 is 2.82 bits per heavy atom. The summed E-state index contributed by atoms with van der Waals surface area (Å²) in [5.74, 6) is 0.137. The van der Waals surface area contributed by atoms with Crippen molar-refractivity contribution >= 4 is 22.8 Å². The number of aromatic nitrogens is 2. The number of carbonyl (C=O) groups excluding carboxylic acids is 2. The molecular formula is C22H24N4O2. The van der Waals surface area contributed by atoms with Crippen LogP contribution in [0.3, 0.4) is 0 Å². The summed E-state index contributed by atoms with van der Waals surface area (Å²) in [6.45, 7) is 2.51. The van der Waals surface area contributed by atoms with E-state index in [2.05, 4.69) is 33.1 Å². The zero-order chi connectivity index (χ0) is 19.3. The lowest BCUT2D eigenvalue weighted by Crippen LogP contribution is -2.31. The summed E-state index contributed by atoms with van der Waals surface area (Å²) in [6.07, 6.45) is 3.73. The molecular weight excluding hydrogens is 352 g/mol. The second-order valence-corrected chi connectivity index (χ2v) is 7.19. The minimum atomic E-state index is -0.0225. The second kappa shape index (κ2) is 8.25. The summed E-state index contributed by atoms with van der Waals surface area (Å²) in [7, 11) is 0. The van der Waals surface area contributed by atoms with Crippen LogP contribution in [0.15, 0.2) is 54.9 Å². The molecule has 3 aromatic rings. The maximum Gasteiger partial charge on any atom is 0.222 e. The Morgan fingerprint density at radius 1 is 1.11 bits per heavy atom. The molecule has 0 radical (unpaired) electrons. The summed E-state index contributed by atoms with van der Waals surface area (Å²) < 4.78 is 2.13. The van der Waals surface area contributed by atoms with Crippen molar-refractivity contribution in [1.82, 2.24) is 19.8 Å². The third kappa shape index (κ3) is 4.22. The van der Waals surface area contributed by atoms with Crippen molar-refractivity contribution in [3.8, 4) is 0 Å². The van der Waals surface area contributed by atoms with Crippen molar-refractivity contribution < 1.29 is 9.59 Å². The number of nitrogens with zero attached hydrogens (tertiary/aromatic N) is 3. The van der Waals surface area contributed by atoms with Gasteiger partial charge in [0.1, 0.15) is 0 Å². The van der Waals surface area contributed by atoms with Crippen LogP contribution in [0.5, 0.6) is 0 Å². The molecule has 1 aliphatic heterocycles. The topological polar surface area (TPSA) is 67.2 Å². The molecule has 0 spiro atoms. The number of fused-ring (bicyclic) bond motifs is 1. The Morgan fingerprint density at radius 2 is 1.96 bits per heavy atom. The van der Waals surface area contributed by atoms with E-state index in [0.29, 0.717) is 25.9 Å². The lowest BCUT2D eigenvalue weighted by atomic mass is 10.1. The van der Waals surface area contributed by atoms with Gasteiger partial charge in [0.2, 0.25) is 11.8 Å². The van der Waals surface area contributed by atoms with Gasteiger partial charge in [-0.3, -0.25) is 9.59 Å². The molecule has 144 valence electrons. The molecule has 2 heterocycles. The molecule has 0 bridgehead atoms. The van der Waals surface area contributed by atoms with Gasteiger partial charge in [0.15, 0.2) is 0 Å². The van der Waals surface area contributed by atoms with Crippen LogP contribution in [-0.4, -0.2) is 39.4 Å². The summed E-state index contributed by atoms with van der Waals surface area (Å²) in [5.41, 5.74) is 4.32. The monoisotopic (exact) mass is 376 g/mol. The lowest BCUT2D eigenvalue weighted by Gasteiger charge is -2.15. The highest BCUT2D eigenvalue weighted by Gasteiger charge is 2.20. The standard InChI is InChI=1S/C22H24N4O2/c27-21(10-12-25-11-4-9-22(25)28)23-14-17-5-3-6-18(13-17)15-26-16-24-19-7-1-2-8-20(19)26/h1-3,5-8,13,16H,4,9-12,14-15H2,(H,23,27). The predicted octanol–water partition coefficient (Wildman–Crippen LogP) is 2.71. The summed E-state index contributed by atoms with van der Waals surface area (Å²) >= 11 is 0. The maximum atomic E-state index is 12.1. The molecule has 0 unspecified atom stereocenters. The number of nitrogens with one attached hydrogen (secondary N) is 1. The molecule has 1 aliphatic rings. The van der Waals surface area contributed by atoms with Gasteiger partial charge in [-0.1, -0.05) is 36.4 Å². The first-order valence-corrected chi connectivity index (χ1v) is 9.71. The predicted molar refractivity (Wildman–Crippen MR) is 108 cm³/mol. The summed E-state index contributed by atoms with van der Waals surface area (Å²) in [4.78, 5) is 29.9. The van der Waals surface area contributed by atoms with Crippen LogP contribution in [0, 0.1) is 0 Å². The third-order valence-electron chi connectivity index (χ3n) is 5.14. The van der Waals surface area contributed by atoms with Gasteiger partial charge >= 0.3 is 0 Å². The molecule has 0 atom stereocenters. The highest BCUT2D eigenvalue weighted by molar-refractivity contribution is 5.80. The van der Waals surface area contributed by atoms with E-state index in [1.54, 1.807) is 4.90 Å². The van der Waals surface area contributed by atoms with Gasteiger partial charge in [0, 0.05) is 39.0 Å². The van der Waals surface area contributed by atoms with E-state index < -0.39 is 0 Å². The van der Waals surface area contributed by atoms with E-state index >= 15 is 0 Å². The normalized spacial score (nSPS) is 14.0. The van der Waals surface area contributed by atoms with Gasteiger partial charge in [-0.2, -0.15) is 0 Å². The van der Waals surface area contributed by atoms with E-state index in [1.807, 2.05) is 36.7 Å². The smallest absolute Gasteiger partial charge is 0.222 e. The SMILES string of the molecule is O=C(CCN1CCCC1=O)NCc1cccc(Cn2cnc3ccccc32)c1. The molecule has 2 aromatic carbocycles. The minimum absolute atomic E-state index is 0.0225. The molecule has 28 heavy (non-hydrogen) atoms. The van der Waals surface area contributed by atoms with Crippen LogP contribution in [0.2, 0.25) is 0 Å². The first kappa shape index (κ1) is 18.2. The molecule has 6 heteroatoms. The first-order valence-electron chi connectivity index (χ1n) is 9.71. The highest BCUT2D eigenvalue weighted by Crippen LogP contribution is 2.15. The summed E-state index contributed by atoms with van der Waals surface area (Å²) in [5, 5.41) is 2.96. The average Bonchev–Trinajstić information content (AvgIpc) is 3.31. The maximum absolute atomic E-state index is 12.1. The van der Waals surface area contributed by atoms with Crippen molar-refractivity contribution in [2.45, 2.75) is 32.4 Å². The van der Waals surface area contributed by atoms with E-state index in [1.165, 1.54) is 0 Å². The van der Waals surface area contributed by atoms with Crippen LogP contribution in [0.4, 0.5) is 0 Å². The first-order chi connectivity index (χ1) is 13.7. The minimum Gasteiger partial charge on any atom is -0.352 e. The fraction of sp³-hybridized carbons (Fsp3) is 0.318. The van der Waals surface area contributed by atoms with Crippen LogP contribution in [-0.2, 0) is 22.7 Å². The van der Waals surface area contributed by atoms with Crippen molar-refractivity contribution in [2.75, 3.05) is 13.1 Å². The number of hydrogen-bond donors (Lipinski definition) is 1. The zero-order valence-electron chi connectivity index (χ0n) is 15.8. The van der Waals surface area contributed by atoms with E-state index in [4.69, 9.17) is 0 Å². The number of hydrogen-bond acceptors (Lipinski definition) is 3. The fourth-order valence-electron chi connectivity index (χ4n) is 3.64. The molecule has 1 fully saturated rings. The Labute approximate surface area is 164 Å². The lowest BCUT2D eigenvalue weighted by molar-refractivity contribution is -0.128. The number of likely N-dealkylation sites (tertiary alicyclic amines) is 1. The van der Waals surface area contributed by atoms with Gasteiger partial charge in [-0.05, 0) is 29.7 Å². The number of benzene rings is 2. The van der Waals surface area contributed by atoms with Crippen LogP contribution < -0.4 is 5.32 Å². The Kier molecular flexibility index (Phi) is 5.37. The Balaban J connectivity index is 1.32. The van der Waals surface area contributed by atoms with Crippen LogP contribution >= 0.6 is 0 Å². The van der Waals surface area contributed by atoms with E-state index in [-0.39, 0.29) is 11.8 Å². The van der Waals surface area contributed by atoms with Crippen molar-refractivity contribution in [1.29, 1.82) is 0 Å². The number of imidazole rings is 1. The average molecular weight is 376 g/mol. The van der Waals surface area contributed by atoms with Gasteiger partial charge in [0.25, 0.3) is 0 Å². The number of carbonyl (C=O) groups is 2. The molecule has 4 rings (SSSR count). The molecule has 1 N–H and O–H groups in total. The molecule has 0 aliphatic carbocycles. The van der Waals surface area contributed by atoms with E-state index in [9.17, 15) is 9.59 Å². The Bertz CT molecular complexity index is 995. The number of para-hydroxylation sites is 2. The number of amides is 2. The Hall–Kier alpha value is -3.15. The van der Waals surface area contributed by atoms with Crippen molar-refractivity contribution in [2.24, 2.45) is 0 Å². The largest absolute Gasteiger partial charge is 0.352 e. The van der Waals surface area contributed by atoms with Gasteiger partial charge in [-0.15, -0.1) is 0 Å².